The Hall–Kier alpha value is -4.06. The Bertz CT molecular complexity index is 1470. The number of rotatable bonds is 4. The topological polar surface area (TPSA) is 65.6 Å². The molecular weight excluding hydrogens is 450 g/mol. The number of para-hydroxylation sites is 1. The fourth-order valence-corrected chi connectivity index (χ4v) is 5.85. The molecule has 0 radical (unpaired) electrons. The van der Waals surface area contributed by atoms with Gasteiger partial charge in [-0.05, 0) is 48.7 Å². The molecule has 2 unspecified atom stereocenters. The highest BCUT2D eigenvalue weighted by Crippen LogP contribution is 2.48. The Kier molecular flexibility index (Phi) is 5.14. The number of nitrogens with zero attached hydrogens (tertiary/aromatic N) is 2. The molecule has 2 aliphatic heterocycles. The molecule has 1 N–H and O–H groups in total. The summed E-state index contributed by atoms with van der Waals surface area (Å²) in [5.41, 5.74) is 5.04. The van der Waals surface area contributed by atoms with Crippen molar-refractivity contribution in [2.45, 2.75) is 31.8 Å². The predicted molar refractivity (Wildman–Crippen MR) is 139 cm³/mol. The van der Waals surface area contributed by atoms with Gasteiger partial charge in [-0.1, -0.05) is 60.2 Å². The number of ether oxygens (including phenoxy) is 1. The summed E-state index contributed by atoms with van der Waals surface area (Å²) < 4.78 is 5.36. The molecule has 3 heterocycles. The summed E-state index contributed by atoms with van der Waals surface area (Å²) in [7, 11) is 1.65. The van der Waals surface area contributed by atoms with Crippen molar-refractivity contribution in [1.82, 2.24) is 14.8 Å². The van der Waals surface area contributed by atoms with Crippen molar-refractivity contribution in [2.24, 2.45) is 0 Å². The number of carbonyl (C=O) groups is 2. The highest BCUT2D eigenvalue weighted by atomic mass is 16.5. The van der Waals surface area contributed by atoms with E-state index >= 15 is 0 Å². The van der Waals surface area contributed by atoms with Crippen molar-refractivity contribution < 1.29 is 14.3 Å². The number of H-pyrrole nitrogens is 1. The van der Waals surface area contributed by atoms with E-state index in [9.17, 15) is 9.59 Å². The maximum atomic E-state index is 14.2. The Balaban J connectivity index is 1.48. The zero-order valence-corrected chi connectivity index (χ0v) is 20.7. The minimum absolute atomic E-state index is 0.0352. The highest BCUT2D eigenvalue weighted by Gasteiger charge is 2.56. The zero-order chi connectivity index (χ0) is 25.0. The first kappa shape index (κ1) is 22.4. The molecule has 36 heavy (non-hydrogen) atoms. The number of fused-ring (bicyclic) bond motifs is 5. The fourth-order valence-electron chi connectivity index (χ4n) is 5.85. The van der Waals surface area contributed by atoms with Crippen LogP contribution in [-0.2, 0) is 21.7 Å². The molecule has 2 amide bonds. The first-order chi connectivity index (χ1) is 17.4. The first-order valence-electron chi connectivity index (χ1n) is 12.3. The third kappa shape index (κ3) is 3.32. The van der Waals surface area contributed by atoms with Crippen LogP contribution in [0.5, 0.6) is 5.75 Å². The number of hydrogen-bond donors (Lipinski definition) is 1. The van der Waals surface area contributed by atoms with Crippen LogP contribution in [-0.4, -0.2) is 46.8 Å². The molecule has 182 valence electrons. The number of hydrogen-bond acceptors (Lipinski definition) is 3. The summed E-state index contributed by atoms with van der Waals surface area (Å²) in [5, 5.41) is 1.09. The fraction of sp³-hybridized carbons (Fsp3) is 0.267. The molecule has 2 aliphatic rings. The van der Waals surface area contributed by atoms with E-state index in [1.165, 1.54) is 0 Å². The second-order valence-electron chi connectivity index (χ2n) is 10.0. The van der Waals surface area contributed by atoms with E-state index in [-0.39, 0.29) is 24.3 Å². The average molecular weight is 480 g/mol. The van der Waals surface area contributed by atoms with Crippen LogP contribution in [0.1, 0.15) is 40.8 Å². The molecular formula is C30H29N3O3. The molecule has 0 aliphatic carbocycles. The van der Waals surface area contributed by atoms with E-state index in [0.29, 0.717) is 13.1 Å². The summed E-state index contributed by atoms with van der Waals surface area (Å²) in [4.78, 5) is 34.8. The third-order valence-corrected chi connectivity index (χ3v) is 7.83. The van der Waals surface area contributed by atoms with Crippen LogP contribution in [0, 0.1) is 6.92 Å². The number of nitrogens with one attached hydrogen (secondary N) is 1. The summed E-state index contributed by atoms with van der Waals surface area (Å²) in [5.74, 6) is 0.640. The molecule has 2 atom stereocenters. The van der Waals surface area contributed by atoms with Gasteiger partial charge in [0, 0.05) is 29.9 Å². The van der Waals surface area contributed by atoms with E-state index in [1.54, 1.807) is 16.9 Å². The lowest BCUT2D eigenvalue weighted by Gasteiger charge is -2.51. The number of methoxy groups -OCH3 is 1. The van der Waals surface area contributed by atoms with Crippen molar-refractivity contribution in [3.63, 3.8) is 0 Å². The summed E-state index contributed by atoms with van der Waals surface area (Å²) >= 11 is 0. The van der Waals surface area contributed by atoms with Gasteiger partial charge in [0.1, 0.15) is 12.3 Å². The van der Waals surface area contributed by atoms with E-state index < -0.39 is 5.54 Å². The van der Waals surface area contributed by atoms with Crippen molar-refractivity contribution >= 4 is 22.7 Å². The Morgan fingerprint density at radius 2 is 1.72 bits per heavy atom. The van der Waals surface area contributed by atoms with E-state index in [4.69, 9.17) is 4.74 Å². The average Bonchev–Trinajstić information content (AvgIpc) is 3.29. The predicted octanol–water partition coefficient (Wildman–Crippen LogP) is 4.72. The van der Waals surface area contributed by atoms with Gasteiger partial charge >= 0.3 is 0 Å². The number of carbonyl (C=O) groups excluding carboxylic acids is 2. The van der Waals surface area contributed by atoms with E-state index in [0.717, 1.165) is 44.6 Å². The minimum atomic E-state index is -1.10. The number of aromatic nitrogens is 1. The monoisotopic (exact) mass is 479 g/mol. The van der Waals surface area contributed by atoms with Crippen LogP contribution in [0.15, 0.2) is 72.8 Å². The summed E-state index contributed by atoms with van der Waals surface area (Å²) in [6.07, 6.45) is 0. The standard InChI is InChI=1S/C30H29N3O3/c1-19-8-10-20(11-9-19)16-32-18-26(34)33-17-24(21-12-14-22(36-3)15-13-21)27-23-6-4-5-7-25(23)31-28(27)30(33,2)29(32)35/h4-15,24,31H,16-18H2,1-3H3. The van der Waals surface area contributed by atoms with Gasteiger partial charge in [-0.2, -0.15) is 0 Å². The minimum Gasteiger partial charge on any atom is -0.497 e. The second-order valence-corrected chi connectivity index (χ2v) is 10.0. The molecule has 6 rings (SSSR count). The van der Waals surface area contributed by atoms with Crippen molar-refractivity contribution in [1.29, 1.82) is 0 Å². The SMILES string of the molecule is COc1ccc(C2CN3C(=O)CN(Cc4ccc(C)cc4)C(=O)C3(C)c3[nH]c4ccccc4c32)cc1. The smallest absolute Gasteiger partial charge is 0.255 e. The lowest BCUT2D eigenvalue weighted by atomic mass is 9.76. The number of benzene rings is 3. The van der Waals surface area contributed by atoms with E-state index in [2.05, 4.69) is 23.2 Å². The number of aromatic amines is 1. The summed E-state index contributed by atoms with van der Waals surface area (Å²) in [6.45, 7) is 4.86. The normalized spacial score (nSPS) is 21.5. The maximum absolute atomic E-state index is 14.2. The maximum Gasteiger partial charge on any atom is 0.255 e. The largest absolute Gasteiger partial charge is 0.497 e. The third-order valence-electron chi connectivity index (χ3n) is 7.83. The molecule has 6 nitrogen and oxygen atoms in total. The van der Waals surface area contributed by atoms with Gasteiger partial charge in [-0.25, -0.2) is 0 Å². The van der Waals surface area contributed by atoms with Crippen LogP contribution in [0.4, 0.5) is 0 Å². The lowest BCUT2D eigenvalue weighted by Crippen LogP contribution is -2.67. The lowest BCUT2D eigenvalue weighted by molar-refractivity contribution is -0.166. The van der Waals surface area contributed by atoms with Crippen LogP contribution in [0.3, 0.4) is 0 Å². The van der Waals surface area contributed by atoms with Crippen molar-refractivity contribution in [3.8, 4) is 5.75 Å². The molecule has 0 saturated carbocycles. The van der Waals surface area contributed by atoms with Crippen molar-refractivity contribution in [3.05, 3.63) is 101 Å². The quantitative estimate of drug-likeness (QED) is 0.461. The molecule has 3 aromatic carbocycles. The highest BCUT2D eigenvalue weighted by molar-refractivity contribution is 6.01. The number of amides is 2. The Morgan fingerprint density at radius 1 is 1.00 bits per heavy atom. The number of piperazine rings is 1. The van der Waals surface area contributed by atoms with Crippen LogP contribution < -0.4 is 4.74 Å². The molecule has 1 fully saturated rings. The van der Waals surface area contributed by atoms with Gasteiger partial charge in [0.25, 0.3) is 5.91 Å². The second kappa shape index (κ2) is 8.26. The molecule has 6 heteroatoms. The number of aryl methyl sites for hydroxylation is 1. The van der Waals surface area contributed by atoms with Crippen LogP contribution in [0.25, 0.3) is 10.9 Å². The van der Waals surface area contributed by atoms with Gasteiger partial charge in [0.2, 0.25) is 5.91 Å². The zero-order valence-electron chi connectivity index (χ0n) is 20.7. The Morgan fingerprint density at radius 3 is 2.44 bits per heavy atom. The van der Waals surface area contributed by atoms with Gasteiger partial charge in [-0.15, -0.1) is 0 Å². The van der Waals surface area contributed by atoms with Gasteiger partial charge in [0.15, 0.2) is 5.54 Å². The molecule has 0 bridgehead atoms. The molecule has 1 saturated heterocycles. The van der Waals surface area contributed by atoms with Crippen LogP contribution in [0.2, 0.25) is 0 Å². The van der Waals surface area contributed by atoms with Crippen molar-refractivity contribution in [2.75, 3.05) is 20.2 Å². The summed E-state index contributed by atoms with van der Waals surface area (Å²) in [6, 6.07) is 24.3. The Labute approximate surface area is 210 Å². The van der Waals surface area contributed by atoms with E-state index in [1.807, 2.05) is 68.4 Å². The molecule has 4 aromatic rings. The van der Waals surface area contributed by atoms with Gasteiger partial charge in [0.05, 0.1) is 12.8 Å². The molecule has 0 spiro atoms. The first-order valence-corrected chi connectivity index (χ1v) is 12.3. The van der Waals surface area contributed by atoms with Gasteiger partial charge in [-0.3, -0.25) is 9.59 Å². The van der Waals surface area contributed by atoms with Gasteiger partial charge < -0.3 is 19.5 Å². The molecule has 1 aromatic heterocycles. The van der Waals surface area contributed by atoms with Crippen LogP contribution >= 0.6 is 0 Å².